The Labute approximate surface area is 163 Å². The molecule has 0 aliphatic carbocycles. The highest BCUT2D eigenvalue weighted by Crippen LogP contribution is 2.31. The number of ether oxygens (including phenoxy) is 2. The van der Waals surface area contributed by atoms with Crippen molar-refractivity contribution in [2.75, 3.05) is 19.1 Å². The van der Waals surface area contributed by atoms with E-state index in [1.165, 1.54) is 0 Å². The lowest BCUT2D eigenvalue weighted by Crippen LogP contribution is -2.30. The van der Waals surface area contributed by atoms with Crippen LogP contribution in [0.4, 0.5) is 5.69 Å². The van der Waals surface area contributed by atoms with Crippen LogP contribution in [0, 0.1) is 0 Å². The molecule has 0 atom stereocenters. The average molecular weight is 372 g/mol. The molecule has 28 heavy (non-hydrogen) atoms. The van der Waals surface area contributed by atoms with Crippen LogP contribution in [0.3, 0.4) is 0 Å². The Balaban J connectivity index is 1.68. The number of hydrogen-bond acceptors (Lipinski definition) is 4. The standard InChI is InChI=1S/C23H20N2O3/c1-15-24-20(12-16-8-11-21(27-2)22(13-16)28-3)23(26)25(15)19-10-9-17-6-4-5-7-18(17)14-19/h4-14H,1-3H3. The van der Waals surface area contributed by atoms with E-state index in [1.54, 1.807) is 25.2 Å². The van der Waals surface area contributed by atoms with Gasteiger partial charge in [-0.25, -0.2) is 4.99 Å². The summed E-state index contributed by atoms with van der Waals surface area (Å²) in [6.07, 6.45) is 1.76. The Morgan fingerprint density at radius 1 is 0.893 bits per heavy atom. The third-order valence-electron chi connectivity index (χ3n) is 4.73. The summed E-state index contributed by atoms with van der Waals surface area (Å²) in [6, 6.07) is 19.5. The highest BCUT2D eigenvalue weighted by molar-refractivity contribution is 6.28. The first-order valence-corrected chi connectivity index (χ1v) is 8.93. The van der Waals surface area contributed by atoms with Gasteiger partial charge in [-0.15, -0.1) is 0 Å². The number of nitrogens with zero attached hydrogens (tertiary/aromatic N) is 2. The van der Waals surface area contributed by atoms with Gasteiger partial charge in [-0.1, -0.05) is 36.4 Å². The first kappa shape index (κ1) is 17.8. The maximum absolute atomic E-state index is 13.0. The highest BCUT2D eigenvalue weighted by atomic mass is 16.5. The first-order valence-electron chi connectivity index (χ1n) is 8.93. The summed E-state index contributed by atoms with van der Waals surface area (Å²) in [7, 11) is 3.17. The van der Waals surface area contributed by atoms with E-state index in [0.29, 0.717) is 23.0 Å². The van der Waals surface area contributed by atoms with Crippen molar-refractivity contribution in [3.63, 3.8) is 0 Å². The van der Waals surface area contributed by atoms with Gasteiger partial charge in [0.15, 0.2) is 11.5 Å². The number of fused-ring (bicyclic) bond motifs is 1. The number of amides is 1. The second-order valence-corrected chi connectivity index (χ2v) is 6.48. The topological polar surface area (TPSA) is 51.1 Å². The monoisotopic (exact) mass is 372 g/mol. The van der Waals surface area contributed by atoms with E-state index in [1.807, 2.05) is 67.6 Å². The number of carbonyl (C=O) groups is 1. The number of methoxy groups -OCH3 is 2. The molecule has 0 fully saturated rings. The van der Waals surface area contributed by atoms with Crippen LogP contribution in [-0.4, -0.2) is 26.0 Å². The molecule has 0 unspecified atom stereocenters. The van der Waals surface area contributed by atoms with Crippen molar-refractivity contribution in [2.24, 2.45) is 4.99 Å². The van der Waals surface area contributed by atoms with Crippen molar-refractivity contribution in [1.82, 2.24) is 0 Å². The molecule has 1 heterocycles. The summed E-state index contributed by atoms with van der Waals surface area (Å²) in [6.45, 7) is 1.84. The van der Waals surface area contributed by atoms with Gasteiger partial charge in [0.2, 0.25) is 0 Å². The van der Waals surface area contributed by atoms with Gasteiger partial charge in [0.1, 0.15) is 11.5 Å². The zero-order valence-corrected chi connectivity index (χ0v) is 16.0. The van der Waals surface area contributed by atoms with Crippen LogP contribution in [0.1, 0.15) is 12.5 Å². The van der Waals surface area contributed by atoms with Crippen LogP contribution < -0.4 is 14.4 Å². The third-order valence-corrected chi connectivity index (χ3v) is 4.73. The highest BCUT2D eigenvalue weighted by Gasteiger charge is 2.29. The number of aliphatic imine (C=N–C) groups is 1. The van der Waals surface area contributed by atoms with Crippen molar-refractivity contribution in [2.45, 2.75) is 6.92 Å². The third kappa shape index (κ3) is 3.11. The molecule has 140 valence electrons. The van der Waals surface area contributed by atoms with Crippen molar-refractivity contribution in [3.8, 4) is 11.5 Å². The number of anilines is 1. The molecular formula is C23H20N2O3. The fraction of sp³-hybridized carbons (Fsp3) is 0.130. The number of rotatable bonds is 4. The Morgan fingerprint density at radius 2 is 1.64 bits per heavy atom. The Hall–Kier alpha value is -3.60. The Bertz CT molecular complexity index is 1130. The lowest BCUT2D eigenvalue weighted by atomic mass is 10.1. The van der Waals surface area contributed by atoms with E-state index in [4.69, 9.17) is 9.47 Å². The zero-order chi connectivity index (χ0) is 19.7. The lowest BCUT2D eigenvalue weighted by Gasteiger charge is -2.16. The molecule has 1 aliphatic rings. The van der Waals surface area contributed by atoms with Gasteiger partial charge in [0.25, 0.3) is 5.91 Å². The quantitative estimate of drug-likeness (QED) is 0.626. The molecule has 0 N–H and O–H groups in total. The van der Waals surface area contributed by atoms with Gasteiger partial charge >= 0.3 is 0 Å². The van der Waals surface area contributed by atoms with Crippen LogP contribution in [-0.2, 0) is 4.79 Å². The minimum Gasteiger partial charge on any atom is -0.493 e. The van der Waals surface area contributed by atoms with E-state index in [0.717, 1.165) is 22.0 Å². The Morgan fingerprint density at radius 3 is 2.39 bits per heavy atom. The van der Waals surface area contributed by atoms with Crippen molar-refractivity contribution >= 4 is 34.3 Å². The fourth-order valence-corrected chi connectivity index (χ4v) is 3.35. The molecule has 3 aromatic rings. The summed E-state index contributed by atoms with van der Waals surface area (Å²) in [5.41, 5.74) is 2.01. The number of benzene rings is 3. The molecule has 0 saturated heterocycles. The van der Waals surface area contributed by atoms with Crippen molar-refractivity contribution in [3.05, 3.63) is 71.9 Å². The SMILES string of the molecule is COc1ccc(C=C2N=C(C)N(c3ccc4ccccc4c3)C2=O)cc1OC. The van der Waals surface area contributed by atoms with Gasteiger partial charge in [-0.3, -0.25) is 9.69 Å². The molecular weight excluding hydrogens is 352 g/mol. The summed E-state index contributed by atoms with van der Waals surface area (Å²) in [5.74, 6) is 1.74. The lowest BCUT2D eigenvalue weighted by molar-refractivity contribution is -0.113. The van der Waals surface area contributed by atoms with Crippen LogP contribution >= 0.6 is 0 Å². The van der Waals surface area contributed by atoms with E-state index in [2.05, 4.69) is 4.99 Å². The number of hydrogen-bond donors (Lipinski definition) is 0. The first-order chi connectivity index (χ1) is 13.6. The molecule has 1 amide bonds. The molecule has 0 aromatic heterocycles. The van der Waals surface area contributed by atoms with Crippen LogP contribution in [0.5, 0.6) is 11.5 Å². The smallest absolute Gasteiger partial charge is 0.282 e. The predicted octanol–water partition coefficient (Wildman–Crippen LogP) is 4.66. The molecule has 0 radical (unpaired) electrons. The zero-order valence-electron chi connectivity index (χ0n) is 16.0. The molecule has 4 rings (SSSR count). The maximum atomic E-state index is 13.0. The molecule has 3 aromatic carbocycles. The minimum atomic E-state index is -0.150. The van der Waals surface area contributed by atoms with Gasteiger partial charge < -0.3 is 9.47 Å². The number of carbonyl (C=O) groups excluding carboxylic acids is 1. The van der Waals surface area contributed by atoms with Crippen molar-refractivity contribution < 1.29 is 14.3 Å². The summed E-state index contributed by atoms with van der Waals surface area (Å²) < 4.78 is 10.6. The van der Waals surface area contributed by atoms with E-state index < -0.39 is 0 Å². The maximum Gasteiger partial charge on any atom is 0.282 e. The fourth-order valence-electron chi connectivity index (χ4n) is 3.35. The number of amidine groups is 1. The molecule has 0 spiro atoms. The Kier molecular flexibility index (Phi) is 4.57. The van der Waals surface area contributed by atoms with Crippen LogP contribution in [0.25, 0.3) is 16.8 Å². The molecule has 0 saturated carbocycles. The van der Waals surface area contributed by atoms with Gasteiger partial charge in [-0.2, -0.15) is 0 Å². The summed E-state index contributed by atoms with van der Waals surface area (Å²) in [5, 5.41) is 2.21. The van der Waals surface area contributed by atoms with Gasteiger partial charge in [0.05, 0.1) is 19.9 Å². The molecule has 5 nitrogen and oxygen atoms in total. The summed E-state index contributed by atoms with van der Waals surface area (Å²) in [4.78, 5) is 19.1. The average Bonchev–Trinajstić information content (AvgIpc) is 3.00. The molecule has 5 heteroatoms. The second-order valence-electron chi connectivity index (χ2n) is 6.48. The van der Waals surface area contributed by atoms with Crippen molar-refractivity contribution in [1.29, 1.82) is 0 Å². The van der Waals surface area contributed by atoms with E-state index >= 15 is 0 Å². The van der Waals surface area contributed by atoms with Crippen LogP contribution in [0.15, 0.2) is 71.4 Å². The minimum absolute atomic E-state index is 0.150. The largest absolute Gasteiger partial charge is 0.493 e. The molecule has 1 aliphatic heterocycles. The van der Waals surface area contributed by atoms with Crippen LogP contribution in [0.2, 0.25) is 0 Å². The second kappa shape index (κ2) is 7.19. The molecule has 0 bridgehead atoms. The van der Waals surface area contributed by atoms with E-state index in [-0.39, 0.29) is 5.91 Å². The predicted molar refractivity (Wildman–Crippen MR) is 112 cm³/mol. The van der Waals surface area contributed by atoms with Gasteiger partial charge in [0, 0.05) is 0 Å². The van der Waals surface area contributed by atoms with E-state index in [9.17, 15) is 4.79 Å². The van der Waals surface area contributed by atoms with Gasteiger partial charge in [-0.05, 0) is 53.6 Å². The summed E-state index contributed by atoms with van der Waals surface area (Å²) >= 11 is 0. The normalized spacial score (nSPS) is 15.2.